The molecule has 0 fully saturated rings. The molecular weight excluding hydrogens is 294 g/mol. The Balaban J connectivity index is 2.12. The fraction of sp³-hybridized carbons (Fsp3) is 0. The molecule has 0 radical (unpaired) electrons. The molecule has 0 spiro atoms. The van der Waals surface area contributed by atoms with Gasteiger partial charge >= 0.3 is 0 Å². The van der Waals surface area contributed by atoms with E-state index in [4.69, 9.17) is 0 Å². The fourth-order valence-corrected chi connectivity index (χ4v) is 2.14. The summed E-state index contributed by atoms with van der Waals surface area (Å²) in [4.78, 5) is 14.2. The molecule has 23 heavy (non-hydrogen) atoms. The first kappa shape index (κ1) is 14.5. The number of aromatic hydroxyl groups is 2. The SMILES string of the molecule is O=c1[nH]c(O)c(-c2ccccc2)c(O)c1N=Nc1ccccc1. The van der Waals surface area contributed by atoms with Crippen LogP contribution in [0.2, 0.25) is 0 Å². The number of aromatic amines is 1. The first-order valence-corrected chi connectivity index (χ1v) is 6.87. The second kappa shape index (κ2) is 6.15. The molecule has 2 aromatic carbocycles. The van der Waals surface area contributed by atoms with Gasteiger partial charge in [0, 0.05) is 0 Å². The van der Waals surface area contributed by atoms with Crippen LogP contribution in [-0.4, -0.2) is 15.2 Å². The first-order chi connectivity index (χ1) is 11.2. The van der Waals surface area contributed by atoms with Crippen molar-refractivity contribution in [2.75, 3.05) is 0 Å². The lowest BCUT2D eigenvalue weighted by Gasteiger charge is -2.08. The number of pyridine rings is 1. The van der Waals surface area contributed by atoms with E-state index in [0.29, 0.717) is 11.3 Å². The molecule has 3 rings (SSSR count). The molecule has 0 aliphatic carbocycles. The molecule has 114 valence electrons. The van der Waals surface area contributed by atoms with E-state index in [-0.39, 0.29) is 11.3 Å². The first-order valence-electron chi connectivity index (χ1n) is 6.87. The lowest BCUT2D eigenvalue weighted by molar-refractivity contribution is 0.437. The summed E-state index contributed by atoms with van der Waals surface area (Å²) in [7, 11) is 0. The van der Waals surface area contributed by atoms with Crippen molar-refractivity contribution < 1.29 is 10.2 Å². The number of nitrogens with zero attached hydrogens (tertiary/aromatic N) is 2. The zero-order valence-corrected chi connectivity index (χ0v) is 12.0. The standard InChI is InChI=1S/C17H13N3O3/c21-15-13(11-7-3-1-4-8-11)16(22)18-17(23)14(15)20-19-12-9-5-2-6-10-12/h1-10H,(H3,18,21,22,23). The smallest absolute Gasteiger partial charge is 0.282 e. The van der Waals surface area contributed by atoms with Crippen molar-refractivity contribution in [2.45, 2.75) is 0 Å². The van der Waals surface area contributed by atoms with Crippen LogP contribution in [0, 0.1) is 0 Å². The molecule has 0 aliphatic rings. The summed E-state index contributed by atoms with van der Waals surface area (Å²) in [6.45, 7) is 0. The van der Waals surface area contributed by atoms with E-state index in [1.165, 1.54) is 0 Å². The number of aromatic nitrogens is 1. The Morgan fingerprint density at radius 3 is 2.09 bits per heavy atom. The Bertz CT molecular complexity index is 904. The van der Waals surface area contributed by atoms with Crippen LogP contribution in [0.15, 0.2) is 75.7 Å². The molecule has 1 aromatic heterocycles. The van der Waals surface area contributed by atoms with E-state index in [1.54, 1.807) is 54.6 Å². The van der Waals surface area contributed by atoms with Crippen molar-refractivity contribution in [3.8, 4) is 22.8 Å². The lowest BCUT2D eigenvalue weighted by Crippen LogP contribution is -2.05. The maximum Gasteiger partial charge on any atom is 0.282 e. The summed E-state index contributed by atoms with van der Waals surface area (Å²) >= 11 is 0. The van der Waals surface area contributed by atoms with Gasteiger partial charge in [-0.05, 0) is 17.7 Å². The van der Waals surface area contributed by atoms with E-state index in [9.17, 15) is 15.0 Å². The van der Waals surface area contributed by atoms with Crippen LogP contribution in [0.25, 0.3) is 11.1 Å². The largest absolute Gasteiger partial charge is 0.505 e. The number of benzene rings is 2. The molecule has 0 unspecified atom stereocenters. The topological polar surface area (TPSA) is 98.0 Å². The van der Waals surface area contributed by atoms with Crippen LogP contribution >= 0.6 is 0 Å². The van der Waals surface area contributed by atoms with E-state index in [2.05, 4.69) is 15.2 Å². The summed E-state index contributed by atoms with van der Waals surface area (Å²) < 4.78 is 0. The molecule has 3 aromatic rings. The van der Waals surface area contributed by atoms with Gasteiger partial charge in [-0.3, -0.25) is 9.78 Å². The van der Waals surface area contributed by atoms with E-state index in [0.717, 1.165) is 0 Å². The highest BCUT2D eigenvalue weighted by atomic mass is 16.3. The van der Waals surface area contributed by atoms with Gasteiger partial charge in [-0.2, -0.15) is 5.11 Å². The Hall–Kier alpha value is -3.41. The van der Waals surface area contributed by atoms with Gasteiger partial charge in [-0.15, -0.1) is 5.11 Å². The number of hydrogen-bond donors (Lipinski definition) is 3. The van der Waals surface area contributed by atoms with E-state index >= 15 is 0 Å². The normalized spacial score (nSPS) is 11.0. The molecule has 0 bridgehead atoms. The van der Waals surface area contributed by atoms with Crippen LogP contribution in [0.5, 0.6) is 11.6 Å². The van der Waals surface area contributed by atoms with Crippen LogP contribution < -0.4 is 5.56 Å². The van der Waals surface area contributed by atoms with Gasteiger partial charge in [0.25, 0.3) is 5.56 Å². The van der Waals surface area contributed by atoms with Gasteiger partial charge in [-0.25, -0.2) is 0 Å². The molecule has 0 saturated carbocycles. The molecule has 0 atom stereocenters. The average molecular weight is 307 g/mol. The number of hydrogen-bond acceptors (Lipinski definition) is 5. The zero-order chi connectivity index (χ0) is 16.2. The zero-order valence-electron chi connectivity index (χ0n) is 12.0. The molecule has 3 N–H and O–H groups in total. The number of nitrogens with one attached hydrogen (secondary N) is 1. The molecule has 0 amide bonds. The van der Waals surface area contributed by atoms with Crippen molar-refractivity contribution in [3.63, 3.8) is 0 Å². The lowest BCUT2D eigenvalue weighted by atomic mass is 10.1. The molecule has 0 saturated heterocycles. The highest BCUT2D eigenvalue weighted by Gasteiger charge is 2.18. The number of azo groups is 1. The van der Waals surface area contributed by atoms with Crippen molar-refractivity contribution in [1.82, 2.24) is 4.98 Å². The molecule has 1 heterocycles. The predicted octanol–water partition coefficient (Wildman–Crippen LogP) is 3.87. The summed E-state index contributed by atoms with van der Waals surface area (Å²) in [5.41, 5.74) is 0.215. The third-order valence-electron chi connectivity index (χ3n) is 3.23. The Morgan fingerprint density at radius 2 is 1.43 bits per heavy atom. The quantitative estimate of drug-likeness (QED) is 0.640. The third kappa shape index (κ3) is 2.96. The highest BCUT2D eigenvalue weighted by Crippen LogP contribution is 2.39. The van der Waals surface area contributed by atoms with Gasteiger partial charge in [0.15, 0.2) is 11.4 Å². The van der Waals surface area contributed by atoms with Gasteiger partial charge in [0.2, 0.25) is 5.88 Å². The van der Waals surface area contributed by atoms with Crippen LogP contribution in [0.4, 0.5) is 11.4 Å². The highest BCUT2D eigenvalue weighted by molar-refractivity contribution is 5.79. The summed E-state index contributed by atoms with van der Waals surface area (Å²) in [5.74, 6) is -0.838. The molecule has 0 aliphatic heterocycles. The third-order valence-corrected chi connectivity index (χ3v) is 3.23. The van der Waals surface area contributed by atoms with E-state index in [1.807, 2.05) is 6.07 Å². The Kier molecular flexibility index (Phi) is 3.88. The van der Waals surface area contributed by atoms with Crippen LogP contribution in [0.1, 0.15) is 0 Å². The van der Waals surface area contributed by atoms with Gasteiger partial charge in [-0.1, -0.05) is 48.5 Å². The van der Waals surface area contributed by atoms with Gasteiger partial charge < -0.3 is 10.2 Å². The van der Waals surface area contributed by atoms with Crippen LogP contribution in [0.3, 0.4) is 0 Å². The maximum atomic E-state index is 11.9. The minimum Gasteiger partial charge on any atom is -0.505 e. The van der Waals surface area contributed by atoms with E-state index < -0.39 is 17.2 Å². The summed E-state index contributed by atoms with van der Waals surface area (Å²) in [6, 6.07) is 17.5. The molecule has 6 nitrogen and oxygen atoms in total. The van der Waals surface area contributed by atoms with Gasteiger partial charge in [0.05, 0.1) is 11.3 Å². The van der Waals surface area contributed by atoms with Crippen molar-refractivity contribution in [1.29, 1.82) is 0 Å². The molecule has 6 heteroatoms. The van der Waals surface area contributed by atoms with Gasteiger partial charge in [0.1, 0.15) is 0 Å². The maximum absolute atomic E-state index is 11.9. The molecular formula is C17H13N3O3. The summed E-state index contributed by atoms with van der Waals surface area (Å²) in [5, 5.41) is 28.0. The number of rotatable bonds is 3. The minimum absolute atomic E-state index is 0.104. The van der Waals surface area contributed by atoms with Crippen molar-refractivity contribution >= 4 is 11.4 Å². The Labute approximate surface area is 131 Å². The predicted molar refractivity (Wildman–Crippen MR) is 86.4 cm³/mol. The second-order valence-electron chi connectivity index (χ2n) is 4.78. The van der Waals surface area contributed by atoms with Crippen molar-refractivity contribution in [3.05, 3.63) is 71.0 Å². The minimum atomic E-state index is -0.723. The van der Waals surface area contributed by atoms with Crippen LogP contribution in [-0.2, 0) is 0 Å². The monoisotopic (exact) mass is 307 g/mol. The van der Waals surface area contributed by atoms with Crippen molar-refractivity contribution in [2.24, 2.45) is 10.2 Å². The summed E-state index contributed by atoms with van der Waals surface area (Å²) in [6.07, 6.45) is 0. The number of H-pyrrole nitrogens is 1. The second-order valence-corrected chi connectivity index (χ2v) is 4.78. The fourth-order valence-electron chi connectivity index (χ4n) is 2.14. The average Bonchev–Trinajstić information content (AvgIpc) is 2.56. The Morgan fingerprint density at radius 1 is 0.826 bits per heavy atom.